The molecule has 0 aliphatic carbocycles. The molecular formula is C18H16N4O3. The highest BCUT2D eigenvalue weighted by Crippen LogP contribution is 2.37. The number of amides is 1. The zero-order valence-corrected chi connectivity index (χ0v) is 13.9. The Morgan fingerprint density at radius 3 is 2.68 bits per heavy atom. The van der Waals surface area contributed by atoms with E-state index in [9.17, 15) is 14.7 Å². The second kappa shape index (κ2) is 5.41. The molecule has 126 valence electrons. The number of anilines is 1. The van der Waals surface area contributed by atoms with E-state index in [2.05, 4.69) is 9.97 Å². The molecule has 0 saturated carbocycles. The fraction of sp³-hybridized carbons (Fsp3) is 0.222. The van der Waals surface area contributed by atoms with Gasteiger partial charge in [-0.2, -0.15) is 0 Å². The average Bonchev–Trinajstić information content (AvgIpc) is 2.83. The first kappa shape index (κ1) is 15.3. The number of para-hydroxylation sites is 1. The summed E-state index contributed by atoms with van der Waals surface area (Å²) in [6, 6.07) is 7.57. The summed E-state index contributed by atoms with van der Waals surface area (Å²) in [5, 5.41) is 10.2. The molecule has 25 heavy (non-hydrogen) atoms. The lowest BCUT2D eigenvalue weighted by Crippen LogP contribution is -2.30. The first-order chi connectivity index (χ1) is 12.0. The quantitative estimate of drug-likeness (QED) is 0.688. The second-order valence-electron chi connectivity index (χ2n) is 6.04. The van der Waals surface area contributed by atoms with Crippen molar-refractivity contribution in [3.05, 3.63) is 41.9 Å². The zero-order chi connectivity index (χ0) is 17.7. The van der Waals surface area contributed by atoms with Crippen LogP contribution in [0.5, 0.6) is 5.88 Å². The van der Waals surface area contributed by atoms with Crippen LogP contribution < -0.4 is 4.90 Å². The first-order valence-corrected chi connectivity index (χ1v) is 7.96. The van der Waals surface area contributed by atoms with Crippen molar-refractivity contribution in [1.82, 2.24) is 14.4 Å². The fourth-order valence-corrected chi connectivity index (χ4v) is 3.32. The summed E-state index contributed by atoms with van der Waals surface area (Å²) in [4.78, 5) is 34.3. The van der Waals surface area contributed by atoms with E-state index in [4.69, 9.17) is 0 Å². The molecule has 1 amide bonds. The SMILES string of the molecule is CC(=O)c1nc2c3c(ncn2c1O)-c1ccccc1N(C(C)=O)CC3. The molecule has 1 N–H and O–H groups in total. The molecule has 3 heterocycles. The Labute approximate surface area is 143 Å². The van der Waals surface area contributed by atoms with E-state index < -0.39 is 0 Å². The number of hydrogen-bond acceptors (Lipinski definition) is 5. The monoisotopic (exact) mass is 336 g/mol. The molecule has 0 fully saturated rings. The number of ketones is 1. The standard InChI is InChI=1S/C18H16N4O3/c1-10(23)15-18(25)22-9-19-16-12-5-3-4-6-14(12)21(11(2)24)8-7-13(16)17(22)20-15/h3-6,9,25H,7-8H2,1-2H3. The largest absolute Gasteiger partial charge is 0.493 e. The van der Waals surface area contributed by atoms with Crippen molar-refractivity contribution >= 4 is 23.0 Å². The van der Waals surface area contributed by atoms with Crippen molar-refractivity contribution in [3.63, 3.8) is 0 Å². The summed E-state index contributed by atoms with van der Waals surface area (Å²) in [5.41, 5.74) is 3.67. The number of imidazole rings is 1. The minimum Gasteiger partial charge on any atom is -0.493 e. The molecule has 0 saturated heterocycles. The van der Waals surface area contributed by atoms with Crippen molar-refractivity contribution < 1.29 is 14.7 Å². The van der Waals surface area contributed by atoms with Gasteiger partial charge in [0.15, 0.2) is 11.5 Å². The van der Waals surface area contributed by atoms with E-state index in [0.29, 0.717) is 24.3 Å². The number of carbonyl (C=O) groups excluding carboxylic acids is 2. The van der Waals surface area contributed by atoms with Crippen molar-refractivity contribution in [1.29, 1.82) is 0 Å². The van der Waals surface area contributed by atoms with Gasteiger partial charge in [0, 0.05) is 31.5 Å². The topological polar surface area (TPSA) is 87.8 Å². The predicted octanol–water partition coefficient (Wildman–Crippen LogP) is 2.21. The number of carbonyl (C=O) groups is 2. The van der Waals surface area contributed by atoms with Crippen LogP contribution in [0.15, 0.2) is 30.6 Å². The van der Waals surface area contributed by atoms with Gasteiger partial charge in [0.25, 0.3) is 0 Å². The van der Waals surface area contributed by atoms with E-state index in [-0.39, 0.29) is 23.3 Å². The van der Waals surface area contributed by atoms with Gasteiger partial charge < -0.3 is 10.0 Å². The van der Waals surface area contributed by atoms with Crippen LogP contribution in [-0.2, 0) is 11.2 Å². The first-order valence-electron chi connectivity index (χ1n) is 7.96. The minimum atomic E-state index is -0.311. The summed E-state index contributed by atoms with van der Waals surface area (Å²) >= 11 is 0. The van der Waals surface area contributed by atoms with Gasteiger partial charge in [0.1, 0.15) is 12.0 Å². The highest BCUT2D eigenvalue weighted by Gasteiger charge is 2.27. The molecule has 1 aromatic carbocycles. The Morgan fingerprint density at radius 2 is 1.96 bits per heavy atom. The number of fused-ring (bicyclic) bond motifs is 5. The lowest BCUT2D eigenvalue weighted by Gasteiger charge is -2.20. The van der Waals surface area contributed by atoms with Crippen LogP contribution in [0.25, 0.3) is 16.9 Å². The maximum atomic E-state index is 12.1. The van der Waals surface area contributed by atoms with E-state index in [1.807, 2.05) is 24.3 Å². The number of Topliss-reactive ketones (excluding diaryl/α,β-unsaturated/α-hetero) is 1. The van der Waals surface area contributed by atoms with E-state index in [1.54, 1.807) is 4.90 Å². The van der Waals surface area contributed by atoms with Gasteiger partial charge in [-0.3, -0.25) is 14.0 Å². The number of aromatic hydroxyl groups is 1. The number of aromatic nitrogens is 3. The van der Waals surface area contributed by atoms with Crippen LogP contribution in [0.1, 0.15) is 29.9 Å². The Balaban J connectivity index is 2.03. The molecule has 7 nitrogen and oxygen atoms in total. The lowest BCUT2D eigenvalue weighted by atomic mass is 10.0. The maximum Gasteiger partial charge on any atom is 0.228 e. The van der Waals surface area contributed by atoms with E-state index in [0.717, 1.165) is 16.8 Å². The average molecular weight is 336 g/mol. The van der Waals surface area contributed by atoms with Gasteiger partial charge in [-0.15, -0.1) is 0 Å². The van der Waals surface area contributed by atoms with Crippen LogP contribution in [0.2, 0.25) is 0 Å². The van der Waals surface area contributed by atoms with Gasteiger partial charge in [0.05, 0.1) is 11.4 Å². The smallest absolute Gasteiger partial charge is 0.228 e. The highest BCUT2D eigenvalue weighted by atomic mass is 16.3. The summed E-state index contributed by atoms with van der Waals surface area (Å²) in [6.45, 7) is 3.37. The third-order valence-electron chi connectivity index (χ3n) is 4.49. The molecule has 4 rings (SSSR count). The number of benzene rings is 1. The summed E-state index contributed by atoms with van der Waals surface area (Å²) in [7, 11) is 0. The molecule has 7 heteroatoms. The number of nitrogens with zero attached hydrogens (tertiary/aromatic N) is 4. The fourth-order valence-electron chi connectivity index (χ4n) is 3.32. The number of rotatable bonds is 1. The van der Waals surface area contributed by atoms with Crippen LogP contribution in [0, 0.1) is 0 Å². The number of hydrogen-bond donors (Lipinski definition) is 1. The molecule has 1 aliphatic rings. The summed E-state index contributed by atoms with van der Waals surface area (Å²) in [5.74, 6) is -0.569. The minimum absolute atomic E-state index is 0.0242. The second-order valence-corrected chi connectivity index (χ2v) is 6.04. The highest BCUT2D eigenvalue weighted by molar-refractivity contribution is 5.98. The van der Waals surface area contributed by atoms with Crippen LogP contribution in [0.3, 0.4) is 0 Å². The third kappa shape index (κ3) is 2.20. The molecule has 3 aromatic rings. The van der Waals surface area contributed by atoms with Crippen LogP contribution in [-0.4, -0.2) is 37.7 Å². The van der Waals surface area contributed by atoms with Crippen molar-refractivity contribution in [2.75, 3.05) is 11.4 Å². The van der Waals surface area contributed by atoms with E-state index >= 15 is 0 Å². The lowest BCUT2D eigenvalue weighted by molar-refractivity contribution is -0.116. The van der Waals surface area contributed by atoms with Gasteiger partial charge >= 0.3 is 0 Å². The normalized spacial score (nSPS) is 13.3. The van der Waals surface area contributed by atoms with Crippen molar-refractivity contribution in [2.24, 2.45) is 0 Å². The van der Waals surface area contributed by atoms with Crippen molar-refractivity contribution in [3.8, 4) is 17.1 Å². The van der Waals surface area contributed by atoms with Gasteiger partial charge in [0.2, 0.25) is 11.8 Å². The zero-order valence-electron chi connectivity index (χ0n) is 13.9. The molecule has 0 bridgehead atoms. The molecule has 2 aromatic heterocycles. The molecule has 0 atom stereocenters. The molecule has 0 spiro atoms. The summed E-state index contributed by atoms with van der Waals surface area (Å²) in [6.07, 6.45) is 1.98. The van der Waals surface area contributed by atoms with Gasteiger partial charge in [-0.05, 0) is 12.5 Å². The van der Waals surface area contributed by atoms with Gasteiger partial charge in [-0.1, -0.05) is 18.2 Å². The maximum absolute atomic E-state index is 12.1. The molecule has 1 aliphatic heterocycles. The van der Waals surface area contributed by atoms with Crippen LogP contribution >= 0.6 is 0 Å². The Bertz CT molecular complexity index is 1040. The van der Waals surface area contributed by atoms with E-state index in [1.165, 1.54) is 24.6 Å². The molecule has 0 unspecified atom stereocenters. The molecule has 0 radical (unpaired) electrons. The van der Waals surface area contributed by atoms with Crippen LogP contribution in [0.4, 0.5) is 5.69 Å². The van der Waals surface area contributed by atoms with Crippen molar-refractivity contribution in [2.45, 2.75) is 20.3 Å². The molecular weight excluding hydrogens is 320 g/mol. The Hall–Kier alpha value is -3.22. The Morgan fingerprint density at radius 1 is 1.20 bits per heavy atom. The predicted molar refractivity (Wildman–Crippen MR) is 91.8 cm³/mol. The summed E-state index contributed by atoms with van der Waals surface area (Å²) < 4.78 is 1.42. The Kier molecular flexibility index (Phi) is 3.31. The third-order valence-corrected chi connectivity index (χ3v) is 4.49. The van der Waals surface area contributed by atoms with Gasteiger partial charge in [-0.25, -0.2) is 9.97 Å².